The summed E-state index contributed by atoms with van der Waals surface area (Å²) in [6, 6.07) is 14.7. The summed E-state index contributed by atoms with van der Waals surface area (Å²) in [5, 5.41) is 0. The van der Waals surface area contributed by atoms with E-state index in [-0.39, 0.29) is 11.7 Å². The smallest absolute Gasteiger partial charge is 0.226 e. The van der Waals surface area contributed by atoms with Crippen LogP contribution < -0.4 is 4.74 Å². The van der Waals surface area contributed by atoms with Crippen molar-refractivity contribution in [3.05, 3.63) is 71.4 Å². The Bertz CT molecular complexity index is 1060. The van der Waals surface area contributed by atoms with Crippen molar-refractivity contribution in [1.29, 1.82) is 0 Å². The van der Waals surface area contributed by atoms with Gasteiger partial charge in [0.15, 0.2) is 11.6 Å². The number of carbonyl (C=O) groups is 1. The van der Waals surface area contributed by atoms with Gasteiger partial charge in [0.25, 0.3) is 0 Å². The van der Waals surface area contributed by atoms with Gasteiger partial charge in [-0.3, -0.25) is 9.69 Å². The van der Waals surface area contributed by atoms with Crippen molar-refractivity contribution in [2.75, 3.05) is 20.2 Å². The molecule has 3 aromatic rings. The number of ether oxygens (including phenoxy) is 1. The highest BCUT2D eigenvalue weighted by atomic mass is 19.1. The van der Waals surface area contributed by atoms with Crippen molar-refractivity contribution in [1.82, 2.24) is 9.88 Å². The first-order valence-electron chi connectivity index (χ1n) is 11.1. The third-order valence-corrected chi connectivity index (χ3v) is 6.13. The number of likely N-dealkylation sites (tertiary alicyclic amines) is 1. The molecular formula is C26H29FN2O3. The molecule has 4 rings (SSSR count). The number of Topliss-reactive ketones (excluding diaryl/α,β-unsaturated/α-hetero) is 1. The molecule has 0 bridgehead atoms. The summed E-state index contributed by atoms with van der Waals surface area (Å²) >= 11 is 0. The fraction of sp³-hybridized carbons (Fsp3) is 0.385. The van der Waals surface area contributed by atoms with Crippen LogP contribution in [0.5, 0.6) is 5.75 Å². The normalized spacial score (nSPS) is 16.8. The number of ketones is 1. The average Bonchev–Trinajstić information content (AvgIpc) is 3.18. The first-order valence-corrected chi connectivity index (χ1v) is 11.1. The minimum absolute atomic E-state index is 0.0699. The lowest BCUT2D eigenvalue weighted by Gasteiger charge is -2.31. The second-order valence-electron chi connectivity index (χ2n) is 8.40. The zero-order valence-corrected chi connectivity index (χ0v) is 18.6. The molecule has 6 heteroatoms. The Hall–Kier alpha value is -2.99. The van der Waals surface area contributed by atoms with Crippen LogP contribution in [-0.2, 0) is 17.8 Å². The number of methoxy groups -OCH3 is 1. The van der Waals surface area contributed by atoms with E-state index in [1.54, 1.807) is 12.1 Å². The maximum Gasteiger partial charge on any atom is 0.226 e. The molecule has 0 radical (unpaired) electrons. The number of carbonyl (C=O) groups excluding carboxylic acids is 1. The van der Waals surface area contributed by atoms with Crippen molar-refractivity contribution in [3.8, 4) is 17.2 Å². The largest absolute Gasteiger partial charge is 0.494 e. The number of hydrogen-bond donors (Lipinski definition) is 0. The molecular weight excluding hydrogens is 407 g/mol. The van der Waals surface area contributed by atoms with Gasteiger partial charge in [-0.1, -0.05) is 30.3 Å². The molecule has 0 saturated carbocycles. The van der Waals surface area contributed by atoms with Crippen molar-refractivity contribution < 1.29 is 18.3 Å². The van der Waals surface area contributed by atoms with Gasteiger partial charge < -0.3 is 9.15 Å². The number of hydrogen-bond acceptors (Lipinski definition) is 5. The van der Waals surface area contributed by atoms with Crippen molar-refractivity contribution in [2.45, 2.75) is 39.2 Å². The molecule has 0 spiro atoms. The molecule has 1 aliphatic heterocycles. The standard InChI is InChI=1S/C26H29FN2O3/c1-18-23(28-26(32-18)20-11-12-22(27)25(15-20)31-2)17-29-14-6-9-21(16-29)24(30)13-10-19-7-4-3-5-8-19/h3-5,7-8,11-12,15,21H,6,9-10,13-14,16-17H2,1-2H3. The zero-order chi connectivity index (χ0) is 22.5. The maximum absolute atomic E-state index is 13.7. The highest BCUT2D eigenvalue weighted by Gasteiger charge is 2.26. The minimum atomic E-state index is -0.420. The van der Waals surface area contributed by atoms with Crippen LogP contribution in [0.4, 0.5) is 4.39 Å². The summed E-state index contributed by atoms with van der Waals surface area (Å²) < 4.78 is 24.6. The second-order valence-corrected chi connectivity index (χ2v) is 8.40. The van der Waals surface area contributed by atoms with Crippen LogP contribution in [0.25, 0.3) is 11.5 Å². The van der Waals surface area contributed by atoms with Gasteiger partial charge in [0, 0.05) is 31.0 Å². The van der Waals surface area contributed by atoms with Gasteiger partial charge in [-0.05, 0) is 56.5 Å². The minimum Gasteiger partial charge on any atom is -0.494 e. The second kappa shape index (κ2) is 10.1. The van der Waals surface area contributed by atoms with Gasteiger partial charge in [-0.2, -0.15) is 0 Å². The Kier molecular flexibility index (Phi) is 7.00. The third-order valence-electron chi connectivity index (χ3n) is 6.13. The van der Waals surface area contributed by atoms with Crippen LogP contribution >= 0.6 is 0 Å². The number of piperidine rings is 1. The first kappa shape index (κ1) is 22.2. The summed E-state index contributed by atoms with van der Waals surface area (Å²) in [7, 11) is 1.43. The van der Waals surface area contributed by atoms with Crippen LogP contribution in [0, 0.1) is 18.7 Å². The maximum atomic E-state index is 13.7. The molecule has 1 fully saturated rings. The SMILES string of the molecule is COc1cc(-c2nc(CN3CCCC(C(=O)CCc4ccccc4)C3)c(C)o2)ccc1F. The Morgan fingerprint density at radius 1 is 1.25 bits per heavy atom. The van der Waals surface area contributed by atoms with E-state index in [1.165, 1.54) is 18.7 Å². The van der Waals surface area contributed by atoms with Crippen LogP contribution in [0.3, 0.4) is 0 Å². The molecule has 0 N–H and O–H groups in total. The molecule has 0 amide bonds. The van der Waals surface area contributed by atoms with Gasteiger partial charge in [0.2, 0.25) is 5.89 Å². The molecule has 1 atom stereocenters. The topological polar surface area (TPSA) is 55.6 Å². The lowest BCUT2D eigenvalue weighted by Crippen LogP contribution is -2.38. The number of halogens is 1. The van der Waals surface area contributed by atoms with Gasteiger partial charge in [-0.15, -0.1) is 0 Å². The van der Waals surface area contributed by atoms with E-state index in [9.17, 15) is 9.18 Å². The fourth-order valence-corrected chi connectivity index (χ4v) is 4.28. The lowest BCUT2D eigenvalue weighted by molar-refractivity contribution is -0.124. The molecule has 1 unspecified atom stereocenters. The Morgan fingerprint density at radius 3 is 2.84 bits per heavy atom. The molecule has 1 aromatic heterocycles. The highest BCUT2D eigenvalue weighted by molar-refractivity contribution is 5.81. The molecule has 0 aliphatic carbocycles. The number of benzene rings is 2. The Morgan fingerprint density at radius 2 is 2.06 bits per heavy atom. The van der Waals surface area contributed by atoms with Gasteiger partial charge in [0.05, 0.1) is 12.8 Å². The number of aromatic nitrogens is 1. The number of rotatable bonds is 8. The lowest BCUT2D eigenvalue weighted by atomic mass is 9.90. The predicted octanol–water partition coefficient (Wildman–Crippen LogP) is 5.21. The van der Waals surface area contributed by atoms with E-state index in [2.05, 4.69) is 22.0 Å². The van der Waals surface area contributed by atoms with Crippen molar-refractivity contribution in [2.24, 2.45) is 5.92 Å². The summed E-state index contributed by atoms with van der Waals surface area (Å²) in [5.74, 6) is 1.34. The van der Waals surface area contributed by atoms with E-state index >= 15 is 0 Å². The number of oxazole rings is 1. The van der Waals surface area contributed by atoms with Gasteiger partial charge in [0.1, 0.15) is 11.5 Å². The molecule has 1 aliphatic rings. The summed E-state index contributed by atoms with van der Waals surface area (Å²) in [6.45, 7) is 4.21. The van der Waals surface area contributed by atoms with E-state index in [1.807, 2.05) is 25.1 Å². The Balaban J connectivity index is 1.38. The summed E-state index contributed by atoms with van der Waals surface area (Å²) in [4.78, 5) is 19.8. The highest BCUT2D eigenvalue weighted by Crippen LogP contribution is 2.28. The van der Waals surface area contributed by atoms with E-state index in [0.717, 1.165) is 43.8 Å². The van der Waals surface area contributed by atoms with Crippen molar-refractivity contribution >= 4 is 5.78 Å². The van der Waals surface area contributed by atoms with E-state index in [0.29, 0.717) is 30.2 Å². The summed E-state index contributed by atoms with van der Waals surface area (Å²) in [5.41, 5.74) is 2.72. The average molecular weight is 437 g/mol. The number of nitrogens with zero attached hydrogens (tertiary/aromatic N) is 2. The molecule has 5 nitrogen and oxygen atoms in total. The fourth-order valence-electron chi connectivity index (χ4n) is 4.28. The zero-order valence-electron chi connectivity index (χ0n) is 18.6. The third kappa shape index (κ3) is 5.25. The monoisotopic (exact) mass is 436 g/mol. The van der Waals surface area contributed by atoms with Crippen molar-refractivity contribution in [3.63, 3.8) is 0 Å². The number of aryl methyl sites for hydroxylation is 2. The first-order chi connectivity index (χ1) is 15.5. The quantitative estimate of drug-likeness (QED) is 0.485. The van der Waals surface area contributed by atoms with E-state index in [4.69, 9.17) is 9.15 Å². The molecule has 2 aromatic carbocycles. The molecule has 168 valence electrons. The molecule has 2 heterocycles. The van der Waals surface area contributed by atoms with Crippen LogP contribution in [0.15, 0.2) is 52.9 Å². The van der Waals surface area contributed by atoms with E-state index < -0.39 is 5.82 Å². The molecule has 32 heavy (non-hydrogen) atoms. The van der Waals surface area contributed by atoms with Gasteiger partial charge >= 0.3 is 0 Å². The van der Waals surface area contributed by atoms with Gasteiger partial charge in [-0.25, -0.2) is 9.37 Å². The van der Waals surface area contributed by atoms with Crippen LogP contribution in [-0.4, -0.2) is 35.9 Å². The van der Waals surface area contributed by atoms with Crippen LogP contribution in [0.1, 0.15) is 36.3 Å². The molecule has 1 saturated heterocycles. The Labute approximate surface area is 188 Å². The van der Waals surface area contributed by atoms with Crippen LogP contribution in [0.2, 0.25) is 0 Å². The predicted molar refractivity (Wildman–Crippen MR) is 121 cm³/mol. The summed E-state index contributed by atoms with van der Waals surface area (Å²) in [6.07, 6.45) is 3.33.